The number of nitrogens with zero attached hydrogens (tertiary/aromatic N) is 1. The van der Waals surface area contributed by atoms with Crippen LogP contribution in [0.5, 0.6) is 0 Å². The molecule has 0 aliphatic carbocycles. The van der Waals surface area contributed by atoms with Crippen molar-refractivity contribution < 1.29 is 22.7 Å². The third-order valence-corrected chi connectivity index (χ3v) is 6.69. The maximum absolute atomic E-state index is 12.9. The van der Waals surface area contributed by atoms with E-state index in [4.69, 9.17) is 4.74 Å². The highest BCUT2D eigenvalue weighted by Gasteiger charge is 2.28. The molecule has 0 spiro atoms. The molecule has 3 rings (SSSR count). The van der Waals surface area contributed by atoms with Crippen molar-refractivity contribution in [2.45, 2.75) is 38.1 Å². The topological polar surface area (TPSA) is 94.5 Å². The highest BCUT2D eigenvalue weighted by molar-refractivity contribution is 7.90. The molecule has 168 valence electrons. The number of amides is 1. The molecule has 2 aromatic carbocycles. The van der Waals surface area contributed by atoms with E-state index in [1.807, 2.05) is 37.3 Å². The molecule has 1 heterocycles. The molecule has 1 N–H and O–H groups in total. The molecule has 1 atom stereocenters. The molecule has 0 unspecified atom stereocenters. The minimum atomic E-state index is -4.03. The summed E-state index contributed by atoms with van der Waals surface area (Å²) in [7, 11) is -2.72. The van der Waals surface area contributed by atoms with Crippen molar-refractivity contribution in [3.8, 4) is 0 Å². The lowest BCUT2D eigenvalue weighted by Crippen LogP contribution is -2.31. The van der Waals surface area contributed by atoms with Gasteiger partial charge in [0, 0.05) is 17.8 Å². The number of methoxy groups -OCH3 is 1. The van der Waals surface area contributed by atoms with E-state index in [-0.39, 0.29) is 10.5 Å². The van der Waals surface area contributed by atoms with Crippen LogP contribution in [0.25, 0.3) is 0 Å². The second kappa shape index (κ2) is 9.40. The van der Waals surface area contributed by atoms with E-state index in [1.165, 1.54) is 19.2 Å². The fraction of sp³-hybridized carbons (Fsp3) is 0.250. The summed E-state index contributed by atoms with van der Waals surface area (Å²) < 4.78 is 34.1. The zero-order valence-electron chi connectivity index (χ0n) is 18.5. The molecule has 32 heavy (non-hydrogen) atoms. The van der Waals surface area contributed by atoms with Gasteiger partial charge >= 0.3 is 5.97 Å². The zero-order valence-corrected chi connectivity index (χ0v) is 19.3. The average Bonchev–Trinajstić information content (AvgIpc) is 3.06. The van der Waals surface area contributed by atoms with Gasteiger partial charge in [0.2, 0.25) is 0 Å². The van der Waals surface area contributed by atoms with Crippen LogP contribution in [0.15, 0.2) is 65.6 Å². The normalized spacial score (nSPS) is 12.2. The van der Waals surface area contributed by atoms with E-state index in [0.29, 0.717) is 17.8 Å². The molecule has 0 aliphatic rings. The molecule has 0 radical (unpaired) electrons. The first kappa shape index (κ1) is 23.3. The van der Waals surface area contributed by atoms with Crippen LogP contribution in [-0.4, -0.2) is 32.0 Å². The molecule has 8 heteroatoms. The Hall–Kier alpha value is -3.39. The third-order valence-electron chi connectivity index (χ3n) is 5.34. The Kier molecular flexibility index (Phi) is 6.84. The van der Waals surface area contributed by atoms with Crippen LogP contribution >= 0.6 is 0 Å². The molecule has 0 saturated heterocycles. The number of sulfonamides is 1. The van der Waals surface area contributed by atoms with E-state index < -0.39 is 27.9 Å². The van der Waals surface area contributed by atoms with Crippen LogP contribution in [0.1, 0.15) is 38.9 Å². The van der Waals surface area contributed by atoms with E-state index in [1.54, 1.807) is 36.6 Å². The van der Waals surface area contributed by atoms with E-state index >= 15 is 0 Å². The number of esters is 1. The molecule has 0 fully saturated rings. The monoisotopic (exact) mass is 454 g/mol. The minimum Gasteiger partial charge on any atom is -0.467 e. The van der Waals surface area contributed by atoms with Crippen LogP contribution in [0.4, 0.5) is 0 Å². The Bertz CT molecular complexity index is 1230. The van der Waals surface area contributed by atoms with E-state index in [9.17, 15) is 18.0 Å². The standard InChI is InChI=1S/C24H26N2O5S/c1-16-10-12-20(13-11-16)32(29,30)25-23(27)21-14-17(2)26(18(21)3)22(24(28)31-4)15-19-8-6-5-7-9-19/h5-14,22H,15H2,1-4H3,(H,25,27)/t22-/m1/s1. The summed E-state index contributed by atoms with van der Waals surface area (Å²) in [5, 5.41) is 0. The van der Waals surface area contributed by atoms with Crippen molar-refractivity contribution in [2.24, 2.45) is 0 Å². The largest absolute Gasteiger partial charge is 0.467 e. The number of rotatable bonds is 7. The van der Waals surface area contributed by atoms with Gasteiger partial charge in [0.25, 0.3) is 15.9 Å². The Balaban J connectivity index is 1.93. The predicted octanol–water partition coefficient (Wildman–Crippen LogP) is 3.49. The van der Waals surface area contributed by atoms with Gasteiger partial charge in [-0.1, -0.05) is 48.0 Å². The summed E-state index contributed by atoms with van der Waals surface area (Å²) in [6.45, 7) is 5.29. The molecular weight excluding hydrogens is 428 g/mol. The van der Waals surface area contributed by atoms with Crippen molar-refractivity contribution in [3.05, 3.63) is 88.7 Å². The minimum absolute atomic E-state index is 0.00164. The fourth-order valence-corrected chi connectivity index (χ4v) is 4.66. The van der Waals surface area contributed by atoms with Crippen LogP contribution in [-0.2, 0) is 26.0 Å². The van der Waals surface area contributed by atoms with Gasteiger partial charge in [-0.05, 0) is 44.5 Å². The number of benzene rings is 2. The Morgan fingerprint density at radius 1 is 1.00 bits per heavy atom. The van der Waals surface area contributed by atoms with Crippen molar-refractivity contribution >= 4 is 21.9 Å². The highest BCUT2D eigenvalue weighted by Crippen LogP contribution is 2.25. The summed E-state index contributed by atoms with van der Waals surface area (Å²) in [5.74, 6) is -1.21. The van der Waals surface area contributed by atoms with Crippen molar-refractivity contribution in [2.75, 3.05) is 7.11 Å². The third kappa shape index (κ3) is 4.91. The summed E-state index contributed by atoms with van der Waals surface area (Å²) in [6.07, 6.45) is 0.368. The van der Waals surface area contributed by atoms with Crippen LogP contribution in [0, 0.1) is 20.8 Å². The molecule has 7 nitrogen and oxygen atoms in total. The van der Waals surface area contributed by atoms with E-state index in [0.717, 1.165) is 11.1 Å². The van der Waals surface area contributed by atoms with Gasteiger partial charge in [-0.3, -0.25) is 4.79 Å². The van der Waals surface area contributed by atoms with Gasteiger partial charge in [0.1, 0.15) is 6.04 Å². The lowest BCUT2D eigenvalue weighted by atomic mass is 10.1. The van der Waals surface area contributed by atoms with Gasteiger partial charge in [-0.2, -0.15) is 0 Å². The number of aromatic nitrogens is 1. The second-order valence-corrected chi connectivity index (χ2v) is 9.31. The van der Waals surface area contributed by atoms with Crippen LogP contribution in [0.3, 0.4) is 0 Å². The highest BCUT2D eigenvalue weighted by atomic mass is 32.2. The van der Waals surface area contributed by atoms with Crippen molar-refractivity contribution in [1.82, 2.24) is 9.29 Å². The first-order valence-electron chi connectivity index (χ1n) is 10.1. The molecule has 0 aliphatic heterocycles. The number of carbonyl (C=O) groups is 2. The van der Waals surface area contributed by atoms with Gasteiger partial charge in [-0.25, -0.2) is 17.9 Å². The van der Waals surface area contributed by atoms with Crippen LogP contribution < -0.4 is 4.72 Å². The van der Waals surface area contributed by atoms with Gasteiger partial charge in [-0.15, -0.1) is 0 Å². The Morgan fingerprint density at radius 3 is 2.22 bits per heavy atom. The van der Waals surface area contributed by atoms with Crippen molar-refractivity contribution in [3.63, 3.8) is 0 Å². The fourth-order valence-electron chi connectivity index (χ4n) is 3.69. The molecule has 3 aromatic rings. The number of carbonyl (C=O) groups excluding carboxylic acids is 2. The summed E-state index contributed by atoms with van der Waals surface area (Å²) in [5.41, 5.74) is 3.15. The van der Waals surface area contributed by atoms with E-state index in [2.05, 4.69) is 4.72 Å². The summed E-state index contributed by atoms with van der Waals surface area (Å²) in [6, 6.07) is 16.6. The molecule has 1 aromatic heterocycles. The number of nitrogens with one attached hydrogen (secondary N) is 1. The number of hydrogen-bond acceptors (Lipinski definition) is 5. The van der Waals surface area contributed by atoms with Crippen molar-refractivity contribution in [1.29, 1.82) is 0 Å². The number of hydrogen-bond donors (Lipinski definition) is 1. The molecular formula is C24H26N2O5S. The Labute approximate surface area is 188 Å². The maximum Gasteiger partial charge on any atom is 0.329 e. The zero-order chi connectivity index (χ0) is 23.5. The van der Waals surface area contributed by atoms with Gasteiger partial charge in [0.15, 0.2) is 0 Å². The lowest BCUT2D eigenvalue weighted by Gasteiger charge is -2.21. The first-order valence-corrected chi connectivity index (χ1v) is 11.6. The quantitative estimate of drug-likeness (QED) is 0.552. The SMILES string of the molecule is COC(=O)[C@@H](Cc1ccccc1)n1c(C)cc(C(=O)NS(=O)(=O)c2ccc(C)cc2)c1C. The summed E-state index contributed by atoms with van der Waals surface area (Å²) >= 11 is 0. The second-order valence-electron chi connectivity index (χ2n) is 7.63. The maximum atomic E-state index is 12.9. The van der Waals surface area contributed by atoms with Crippen LogP contribution in [0.2, 0.25) is 0 Å². The van der Waals surface area contributed by atoms with Gasteiger partial charge < -0.3 is 9.30 Å². The molecule has 1 amide bonds. The Morgan fingerprint density at radius 2 is 1.62 bits per heavy atom. The summed E-state index contributed by atoms with van der Waals surface area (Å²) in [4.78, 5) is 25.5. The lowest BCUT2D eigenvalue weighted by molar-refractivity contribution is -0.144. The molecule has 0 saturated carbocycles. The number of aryl methyl sites for hydroxylation is 2. The first-order chi connectivity index (χ1) is 15.1. The predicted molar refractivity (Wildman–Crippen MR) is 121 cm³/mol. The number of ether oxygens (including phenoxy) is 1. The molecule has 0 bridgehead atoms. The smallest absolute Gasteiger partial charge is 0.329 e. The van der Waals surface area contributed by atoms with Gasteiger partial charge in [0.05, 0.1) is 17.6 Å². The average molecular weight is 455 g/mol.